The van der Waals surface area contributed by atoms with Crippen LogP contribution in [0.2, 0.25) is 0 Å². The molecule has 0 saturated carbocycles. The summed E-state index contributed by atoms with van der Waals surface area (Å²) in [6.45, 7) is 9.76. The first-order valence-corrected chi connectivity index (χ1v) is 9.76. The van der Waals surface area contributed by atoms with Crippen molar-refractivity contribution in [2.24, 2.45) is 5.92 Å². The lowest BCUT2D eigenvalue weighted by atomic mass is 9.72. The summed E-state index contributed by atoms with van der Waals surface area (Å²) in [4.78, 5) is 15.7. The summed E-state index contributed by atoms with van der Waals surface area (Å²) in [6.07, 6.45) is 4.15. The summed E-state index contributed by atoms with van der Waals surface area (Å²) >= 11 is 0. The largest absolute Gasteiger partial charge is 0.381 e. The van der Waals surface area contributed by atoms with Gasteiger partial charge in [-0.1, -0.05) is 31.2 Å². The number of piperidine rings is 1. The Bertz CT molecular complexity index is 581. The van der Waals surface area contributed by atoms with Crippen molar-refractivity contribution in [3.63, 3.8) is 0 Å². The molecular formula is C21H32N2O2. The first-order valence-electron chi connectivity index (χ1n) is 9.76. The molecule has 1 amide bonds. The average molecular weight is 344 g/mol. The van der Waals surface area contributed by atoms with E-state index >= 15 is 0 Å². The van der Waals surface area contributed by atoms with Crippen molar-refractivity contribution in [3.8, 4) is 0 Å². The van der Waals surface area contributed by atoms with Gasteiger partial charge in [0.1, 0.15) is 0 Å². The number of rotatable bonds is 5. The van der Waals surface area contributed by atoms with Crippen LogP contribution in [0, 0.1) is 12.8 Å². The second kappa shape index (κ2) is 8.33. The fourth-order valence-corrected chi connectivity index (χ4v) is 4.43. The van der Waals surface area contributed by atoms with Crippen LogP contribution in [0.25, 0.3) is 0 Å². The minimum Gasteiger partial charge on any atom is -0.381 e. The van der Waals surface area contributed by atoms with Crippen LogP contribution in [0.3, 0.4) is 0 Å². The smallest absolute Gasteiger partial charge is 0.230 e. The van der Waals surface area contributed by atoms with Gasteiger partial charge >= 0.3 is 0 Å². The summed E-state index contributed by atoms with van der Waals surface area (Å²) < 4.78 is 5.56. The zero-order valence-electron chi connectivity index (χ0n) is 15.7. The summed E-state index contributed by atoms with van der Waals surface area (Å²) in [5.41, 5.74) is 1.94. The molecule has 1 aromatic rings. The van der Waals surface area contributed by atoms with Crippen LogP contribution in [0.5, 0.6) is 0 Å². The predicted molar refractivity (Wildman–Crippen MR) is 101 cm³/mol. The van der Waals surface area contributed by atoms with Gasteiger partial charge in [-0.2, -0.15) is 0 Å². The fraction of sp³-hybridized carbons (Fsp3) is 0.667. The zero-order valence-corrected chi connectivity index (χ0v) is 15.7. The lowest BCUT2D eigenvalue weighted by molar-refractivity contribution is -0.130. The van der Waals surface area contributed by atoms with Gasteiger partial charge in [0.2, 0.25) is 5.91 Å². The van der Waals surface area contributed by atoms with Crippen molar-refractivity contribution in [2.45, 2.75) is 44.9 Å². The molecule has 2 aliphatic heterocycles. The minimum absolute atomic E-state index is 0.176. The van der Waals surface area contributed by atoms with Gasteiger partial charge in [-0.05, 0) is 56.2 Å². The Hall–Kier alpha value is -1.39. The number of carbonyl (C=O) groups is 1. The van der Waals surface area contributed by atoms with Crippen LogP contribution in [-0.4, -0.2) is 50.2 Å². The van der Waals surface area contributed by atoms with Gasteiger partial charge in [-0.3, -0.25) is 4.79 Å². The zero-order chi connectivity index (χ0) is 17.7. The normalized spacial score (nSPS) is 24.0. The van der Waals surface area contributed by atoms with Gasteiger partial charge in [0.25, 0.3) is 0 Å². The Morgan fingerprint density at radius 1 is 1.32 bits per heavy atom. The third kappa shape index (κ3) is 4.24. The number of likely N-dealkylation sites (tertiary alicyclic amines) is 1. The van der Waals surface area contributed by atoms with Gasteiger partial charge in [0.15, 0.2) is 0 Å². The van der Waals surface area contributed by atoms with Gasteiger partial charge in [0, 0.05) is 32.8 Å². The summed E-state index contributed by atoms with van der Waals surface area (Å²) in [5.74, 6) is 0.952. The number of aryl methyl sites for hydroxylation is 1. The van der Waals surface area contributed by atoms with Gasteiger partial charge in [0.05, 0.1) is 5.41 Å². The van der Waals surface area contributed by atoms with E-state index in [4.69, 9.17) is 4.74 Å². The van der Waals surface area contributed by atoms with E-state index in [0.29, 0.717) is 13.2 Å². The second-order valence-corrected chi connectivity index (χ2v) is 7.81. The van der Waals surface area contributed by atoms with Crippen LogP contribution < -0.4 is 5.32 Å². The molecule has 2 heterocycles. The third-order valence-corrected chi connectivity index (χ3v) is 5.90. The molecule has 0 aliphatic carbocycles. The molecule has 0 spiro atoms. The van der Waals surface area contributed by atoms with E-state index in [1.807, 2.05) is 12.1 Å². The highest BCUT2D eigenvalue weighted by atomic mass is 16.5. The molecule has 0 unspecified atom stereocenters. The van der Waals surface area contributed by atoms with Crippen molar-refractivity contribution in [1.29, 1.82) is 0 Å². The molecule has 0 aromatic heterocycles. The van der Waals surface area contributed by atoms with Gasteiger partial charge in [-0.15, -0.1) is 0 Å². The Morgan fingerprint density at radius 3 is 2.80 bits per heavy atom. The summed E-state index contributed by atoms with van der Waals surface area (Å²) in [7, 11) is 0. The Kier molecular flexibility index (Phi) is 6.13. The van der Waals surface area contributed by atoms with Crippen LogP contribution in [0.1, 0.15) is 43.7 Å². The van der Waals surface area contributed by atoms with Crippen molar-refractivity contribution in [1.82, 2.24) is 10.2 Å². The maximum absolute atomic E-state index is 13.2. The molecule has 4 heteroatoms. The third-order valence-electron chi connectivity index (χ3n) is 5.90. The van der Waals surface area contributed by atoms with E-state index in [1.165, 1.54) is 24.0 Å². The van der Waals surface area contributed by atoms with Crippen LogP contribution in [0.4, 0.5) is 0 Å². The molecule has 3 rings (SSSR count). The Labute approximate surface area is 151 Å². The van der Waals surface area contributed by atoms with Crippen LogP contribution in [-0.2, 0) is 14.9 Å². The van der Waals surface area contributed by atoms with Gasteiger partial charge < -0.3 is 15.0 Å². The number of amides is 1. The molecular weight excluding hydrogens is 312 g/mol. The molecule has 4 nitrogen and oxygen atoms in total. The van der Waals surface area contributed by atoms with Gasteiger partial charge in [-0.25, -0.2) is 0 Å². The minimum atomic E-state index is -0.432. The Balaban J connectivity index is 1.65. The molecule has 0 radical (unpaired) electrons. The first kappa shape index (κ1) is 18.4. The molecule has 1 aromatic carbocycles. The average Bonchev–Trinajstić information content (AvgIpc) is 2.62. The predicted octanol–water partition coefficient (Wildman–Crippen LogP) is 2.89. The quantitative estimate of drug-likeness (QED) is 0.893. The van der Waals surface area contributed by atoms with Crippen LogP contribution >= 0.6 is 0 Å². The van der Waals surface area contributed by atoms with E-state index < -0.39 is 5.41 Å². The van der Waals surface area contributed by atoms with E-state index in [2.05, 4.69) is 36.2 Å². The SMILES string of the molecule is Cc1ccccc1C1(C(=O)NCCN2CCC[C@@H](C)C2)CCOCC1. The van der Waals surface area contributed by atoms with Crippen molar-refractivity contribution >= 4 is 5.91 Å². The highest BCUT2D eigenvalue weighted by molar-refractivity contribution is 5.88. The molecule has 2 saturated heterocycles. The van der Waals surface area contributed by atoms with Crippen molar-refractivity contribution in [2.75, 3.05) is 39.4 Å². The van der Waals surface area contributed by atoms with E-state index in [9.17, 15) is 4.79 Å². The number of benzene rings is 1. The number of nitrogens with one attached hydrogen (secondary N) is 1. The molecule has 1 N–H and O–H groups in total. The maximum atomic E-state index is 13.2. The monoisotopic (exact) mass is 344 g/mol. The van der Waals surface area contributed by atoms with Crippen LogP contribution in [0.15, 0.2) is 24.3 Å². The highest BCUT2D eigenvalue weighted by Gasteiger charge is 2.42. The number of carbonyl (C=O) groups excluding carboxylic acids is 1. The Morgan fingerprint density at radius 2 is 2.08 bits per heavy atom. The molecule has 138 valence electrons. The number of ether oxygens (including phenoxy) is 1. The van der Waals surface area contributed by atoms with E-state index in [0.717, 1.165) is 44.9 Å². The first-order chi connectivity index (χ1) is 12.1. The lowest BCUT2D eigenvalue weighted by Gasteiger charge is -2.37. The number of hydrogen-bond donors (Lipinski definition) is 1. The lowest BCUT2D eigenvalue weighted by Crippen LogP contribution is -2.50. The summed E-state index contributed by atoms with van der Waals surface area (Å²) in [6, 6.07) is 8.31. The highest BCUT2D eigenvalue weighted by Crippen LogP contribution is 2.36. The van der Waals surface area contributed by atoms with Crippen molar-refractivity contribution in [3.05, 3.63) is 35.4 Å². The molecule has 2 fully saturated rings. The standard InChI is InChI=1S/C21H32N2O2/c1-17-6-5-12-23(16-17)13-11-22-20(24)21(9-14-25-15-10-21)19-8-4-3-7-18(19)2/h3-4,7-8,17H,5-6,9-16H2,1-2H3,(H,22,24)/t17-/m1/s1. The number of nitrogens with zero attached hydrogens (tertiary/aromatic N) is 1. The fourth-order valence-electron chi connectivity index (χ4n) is 4.43. The second-order valence-electron chi connectivity index (χ2n) is 7.81. The molecule has 25 heavy (non-hydrogen) atoms. The maximum Gasteiger partial charge on any atom is 0.230 e. The van der Waals surface area contributed by atoms with Crippen molar-refractivity contribution < 1.29 is 9.53 Å². The molecule has 2 aliphatic rings. The van der Waals surface area contributed by atoms with E-state index in [-0.39, 0.29) is 5.91 Å². The number of hydrogen-bond acceptors (Lipinski definition) is 3. The van der Waals surface area contributed by atoms with E-state index in [1.54, 1.807) is 0 Å². The summed E-state index contributed by atoms with van der Waals surface area (Å²) in [5, 5.41) is 3.24. The topological polar surface area (TPSA) is 41.6 Å². The molecule has 0 bridgehead atoms. The molecule has 1 atom stereocenters.